The number of ether oxygens (including phenoxy) is 2. The van der Waals surface area contributed by atoms with Gasteiger partial charge in [0.25, 0.3) is 23.5 Å². The summed E-state index contributed by atoms with van der Waals surface area (Å²) in [4.78, 5) is 105. The lowest BCUT2D eigenvalue weighted by molar-refractivity contribution is -0.132. The maximum atomic E-state index is 14.6. The van der Waals surface area contributed by atoms with Crippen LogP contribution in [0, 0.1) is 16.6 Å². The van der Waals surface area contributed by atoms with Crippen LogP contribution < -0.4 is 21.4 Å². The molecule has 5 heterocycles. The van der Waals surface area contributed by atoms with Crippen LogP contribution in [0.25, 0.3) is 28.0 Å². The number of ketones is 1. The van der Waals surface area contributed by atoms with Gasteiger partial charge in [-0.2, -0.15) is 0 Å². The van der Waals surface area contributed by atoms with Crippen molar-refractivity contribution in [2.24, 2.45) is 10.8 Å². The second-order valence-corrected chi connectivity index (χ2v) is 22.0. The van der Waals surface area contributed by atoms with Gasteiger partial charge in [-0.05, 0) is 52.6 Å². The molecular weight excluding hydrogens is 1080 g/mol. The fourth-order valence-electron chi connectivity index (χ4n) is 9.28. The van der Waals surface area contributed by atoms with Crippen molar-refractivity contribution in [3.05, 3.63) is 162 Å². The molecule has 23 nitrogen and oxygen atoms in total. The van der Waals surface area contributed by atoms with Gasteiger partial charge in [0.1, 0.15) is 12.1 Å². The molecule has 0 bridgehead atoms. The van der Waals surface area contributed by atoms with Crippen molar-refractivity contribution < 1.29 is 52.5 Å². The average molecular weight is 1150 g/mol. The number of H-pyrrole nitrogens is 1. The summed E-state index contributed by atoms with van der Waals surface area (Å²) in [5.74, 6) is -3.22. The highest BCUT2D eigenvalue weighted by atomic mass is 19.1. The minimum Gasteiger partial charge on any atom is -0.453 e. The quantitative estimate of drug-likeness (QED) is 0.0343. The number of nitrogens with one attached hydrogen (secondary N) is 5. The highest BCUT2D eigenvalue weighted by Crippen LogP contribution is 2.27. The van der Waals surface area contributed by atoms with E-state index in [1.54, 1.807) is 61.1 Å². The Morgan fingerprint density at radius 1 is 0.714 bits per heavy atom. The number of aliphatic hydroxyl groups is 1. The molecule has 0 unspecified atom stereocenters. The number of carbonyl (C=O) groups excluding carboxylic acids is 7. The molecule has 1 saturated heterocycles. The molecule has 6 N–H and O–H groups in total. The zero-order valence-corrected chi connectivity index (χ0v) is 48.0. The molecule has 1 aliphatic rings. The van der Waals surface area contributed by atoms with E-state index in [0.717, 1.165) is 28.6 Å². The largest absolute Gasteiger partial charge is 0.453 e. The van der Waals surface area contributed by atoms with Gasteiger partial charge in [-0.25, -0.2) is 28.7 Å². The van der Waals surface area contributed by atoms with Gasteiger partial charge in [-0.1, -0.05) is 126 Å². The number of Topliss-reactive ketones (excluding diaryl/α,β-unsaturated/α-hetero) is 1. The molecule has 6 amide bonds. The molecule has 0 saturated carbocycles. The Morgan fingerprint density at radius 3 is 1.88 bits per heavy atom. The summed E-state index contributed by atoms with van der Waals surface area (Å²) in [6, 6.07) is 28.7. The number of hydrogen-bond acceptors (Lipinski definition) is 15. The van der Waals surface area contributed by atoms with Crippen molar-refractivity contribution in [2.75, 3.05) is 46.9 Å². The van der Waals surface area contributed by atoms with E-state index in [0.29, 0.717) is 18.7 Å². The number of aromatic amines is 1. The van der Waals surface area contributed by atoms with E-state index in [4.69, 9.17) is 9.47 Å². The van der Waals surface area contributed by atoms with E-state index in [9.17, 15) is 43.1 Å². The average Bonchev–Trinajstić information content (AvgIpc) is 2.58. The van der Waals surface area contributed by atoms with Gasteiger partial charge in [0.15, 0.2) is 11.6 Å². The minimum absolute atomic E-state index is 0.0354. The van der Waals surface area contributed by atoms with E-state index in [1.807, 2.05) is 99.6 Å². The van der Waals surface area contributed by atoms with Gasteiger partial charge < -0.3 is 45.3 Å². The van der Waals surface area contributed by atoms with Crippen LogP contribution in [0.15, 0.2) is 134 Å². The fraction of sp³-hybridized carbons (Fsp3) is 0.350. The molecule has 0 aliphatic carbocycles. The van der Waals surface area contributed by atoms with Crippen LogP contribution in [0.1, 0.15) is 73.4 Å². The zero-order valence-electron chi connectivity index (χ0n) is 48.0. The Labute approximate surface area is 485 Å². The number of benzene rings is 3. The first-order valence-electron chi connectivity index (χ1n) is 27.0. The summed E-state index contributed by atoms with van der Waals surface area (Å²) >= 11 is 0. The number of pyridine rings is 2. The SMILES string of the molecule is COC(=O)N[C@H](C(=O)N[C@@H](Cc1ccccc1)[C@@H](O)CN(Cc1ccc(-c2ccccn2)cc1)NC(=O)[C@@H](NC(=O)OC)C(C)(C)C)C(C)(C)C.O=C(C(=O)N1CCN(C(=O)c2ccccc2)CC1)c1c[nH]c2c(-n3ccnn3)ncc(F)c12. The first-order chi connectivity index (χ1) is 40.1. The second-order valence-electron chi connectivity index (χ2n) is 22.0. The Balaban J connectivity index is 0.000000262. The van der Waals surface area contributed by atoms with Gasteiger partial charge in [0.2, 0.25) is 5.91 Å². The first-order valence-corrected chi connectivity index (χ1v) is 27.0. The summed E-state index contributed by atoms with van der Waals surface area (Å²) in [6.45, 7) is 11.9. The number of amides is 6. The van der Waals surface area contributed by atoms with Gasteiger partial charge in [-0.3, -0.25) is 34.4 Å². The van der Waals surface area contributed by atoms with Crippen LogP contribution in [0.3, 0.4) is 0 Å². The molecule has 3 aromatic carbocycles. The maximum Gasteiger partial charge on any atom is 0.407 e. The third-order valence-corrected chi connectivity index (χ3v) is 13.8. The Bertz CT molecular complexity index is 3370. The molecular formula is C60H70FN13O10. The number of alkyl carbamates (subject to hydrolysis) is 2. The molecule has 0 radical (unpaired) electrons. The third-order valence-electron chi connectivity index (χ3n) is 13.8. The first kappa shape index (κ1) is 62.2. The highest BCUT2D eigenvalue weighted by molar-refractivity contribution is 6.45. The lowest BCUT2D eigenvalue weighted by Crippen LogP contribution is -2.60. The second kappa shape index (κ2) is 28.0. The summed E-state index contributed by atoms with van der Waals surface area (Å²) in [7, 11) is 2.44. The third kappa shape index (κ3) is 16.2. The molecule has 442 valence electrons. The van der Waals surface area contributed by atoms with Crippen molar-refractivity contribution in [3.63, 3.8) is 0 Å². The van der Waals surface area contributed by atoms with Crippen molar-refractivity contribution in [2.45, 2.75) is 78.7 Å². The number of halogens is 1. The molecule has 4 atom stereocenters. The number of piperazine rings is 1. The van der Waals surface area contributed by atoms with E-state index in [1.165, 1.54) is 42.4 Å². The highest BCUT2D eigenvalue weighted by Gasteiger charge is 2.38. The molecule has 1 fully saturated rings. The smallest absolute Gasteiger partial charge is 0.407 e. The standard InChI is InChI=1S/C38H52N6O7.C22H18FN7O3/c1-37(2,3)31(41-35(48)50-7)33(46)40-29(22-25-14-10-9-11-15-25)30(45)24-44(43-34(47)32(38(4,5)6)42-36(49)51-8)23-26-17-19-27(20-18-26)28-16-12-13-21-39-28;23-16-13-25-20(30-7-6-26-27-30)18-17(16)15(12-24-18)19(31)22(33)29-10-8-28(9-11-29)21(32)14-4-2-1-3-5-14/h9-21,29-32,45H,22-24H2,1-8H3,(H,40,46)(H,41,48)(H,42,49)(H,43,47);1-7,12-13,24H,8-11H2/t29-,30-,31+,32+;/m0./s1. The van der Waals surface area contributed by atoms with Gasteiger partial charge in [0.05, 0.1) is 67.1 Å². The van der Waals surface area contributed by atoms with Crippen LogP contribution in [-0.4, -0.2) is 163 Å². The zero-order chi connectivity index (χ0) is 60.7. The molecule has 24 heteroatoms. The van der Waals surface area contributed by atoms with E-state index in [2.05, 4.69) is 46.6 Å². The van der Waals surface area contributed by atoms with Gasteiger partial charge >= 0.3 is 12.2 Å². The van der Waals surface area contributed by atoms with E-state index < -0.39 is 76.6 Å². The molecule has 8 rings (SSSR count). The number of hydrazine groups is 1. The summed E-state index contributed by atoms with van der Waals surface area (Å²) in [5.41, 5.74) is 5.59. The number of carbonyl (C=O) groups is 7. The molecule has 4 aromatic heterocycles. The number of nitrogens with zero attached hydrogens (tertiary/aromatic N) is 8. The number of aliphatic hydroxyl groups excluding tert-OH is 1. The number of hydrogen-bond donors (Lipinski definition) is 6. The molecule has 0 spiro atoms. The predicted molar refractivity (Wildman–Crippen MR) is 308 cm³/mol. The van der Waals surface area contributed by atoms with Crippen LogP contribution in [0.2, 0.25) is 0 Å². The summed E-state index contributed by atoms with van der Waals surface area (Å²) in [6.07, 6.45) is 4.47. The molecule has 7 aromatic rings. The van der Waals surface area contributed by atoms with Crippen LogP contribution >= 0.6 is 0 Å². The summed E-state index contributed by atoms with van der Waals surface area (Å²) < 4.78 is 25.5. The Morgan fingerprint density at radius 2 is 1.31 bits per heavy atom. The lowest BCUT2D eigenvalue weighted by Gasteiger charge is -2.35. The monoisotopic (exact) mass is 1150 g/mol. The lowest BCUT2D eigenvalue weighted by atomic mass is 9.85. The van der Waals surface area contributed by atoms with Crippen LogP contribution in [0.5, 0.6) is 0 Å². The maximum absolute atomic E-state index is 14.6. The fourth-order valence-corrected chi connectivity index (χ4v) is 9.28. The van der Waals surface area contributed by atoms with Crippen molar-refractivity contribution in [1.29, 1.82) is 0 Å². The number of aromatic nitrogens is 6. The van der Waals surface area contributed by atoms with Crippen molar-refractivity contribution in [3.8, 4) is 17.1 Å². The van der Waals surface area contributed by atoms with Gasteiger partial charge in [0, 0.05) is 62.8 Å². The summed E-state index contributed by atoms with van der Waals surface area (Å²) in [5, 5.41) is 29.1. The predicted octanol–water partition coefficient (Wildman–Crippen LogP) is 5.66. The van der Waals surface area contributed by atoms with Crippen molar-refractivity contribution in [1.82, 2.24) is 66.1 Å². The van der Waals surface area contributed by atoms with Crippen LogP contribution in [-0.2, 0) is 36.8 Å². The van der Waals surface area contributed by atoms with Gasteiger partial charge in [-0.15, -0.1) is 5.10 Å². The Hall–Kier alpha value is -9.42. The Kier molecular flexibility index (Phi) is 20.8. The van der Waals surface area contributed by atoms with Crippen molar-refractivity contribution >= 4 is 52.5 Å². The normalized spacial score (nSPS) is 14.0. The number of methoxy groups -OCH3 is 2. The van der Waals surface area contributed by atoms with E-state index >= 15 is 0 Å². The number of rotatable bonds is 18. The molecule has 84 heavy (non-hydrogen) atoms. The minimum atomic E-state index is -1.22. The topological polar surface area (TPSA) is 288 Å². The van der Waals surface area contributed by atoms with E-state index in [-0.39, 0.29) is 60.8 Å². The van der Waals surface area contributed by atoms with Crippen LogP contribution in [0.4, 0.5) is 14.0 Å². The number of fused-ring (bicyclic) bond motifs is 1. The molecule has 1 aliphatic heterocycles.